The monoisotopic (exact) mass is 237 g/mol. The van der Waals surface area contributed by atoms with E-state index in [1.807, 2.05) is 0 Å². The average Bonchev–Trinajstić information content (AvgIpc) is 2.73. The number of hydrogen-bond acceptors (Lipinski definition) is 0. The summed E-state index contributed by atoms with van der Waals surface area (Å²) in [6, 6.07) is 18.0. The summed E-state index contributed by atoms with van der Waals surface area (Å²) in [5.74, 6) is 0. The summed E-state index contributed by atoms with van der Waals surface area (Å²) in [5.41, 5.74) is 2.72. The Morgan fingerprint density at radius 3 is 1.89 bits per heavy atom. The Kier molecular flexibility index (Phi) is 2.83. The van der Waals surface area contributed by atoms with Crippen molar-refractivity contribution in [2.45, 2.75) is 32.7 Å². The van der Waals surface area contributed by atoms with Crippen LogP contribution in [0.3, 0.4) is 0 Å². The van der Waals surface area contributed by atoms with Gasteiger partial charge in [0.25, 0.3) is 0 Å². The fourth-order valence-electron chi connectivity index (χ4n) is 2.97. The molecule has 0 N–H and O–H groups in total. The van der Waals surface area contributed by atoms with Crippen LogP contribution in [0.15, 0.2) is 48.5 Å². The van der Waals surface area contributed by atoms with Gasteiger partial charge in [0.05, 0.1) is 0 Å². The summed E-state index contributed by atoms with van der Waals surface area (Å²) >= 11 is 0. The van der Waals surface area contributed by atoms with Crippen molar-refractivity contribution in [3.05, 3.63) is 48.5 Å². The van der Waals surface area contributed by atoms with Crippen LogP contribution >= 0.6 is 0 Å². The first-order valence-electron chi connectivity index (χ1n) is 6.80. The Balaban J connectivity index is 2.38. The lowest BCUT2D eigenvalue weighted by molar-refractivity contribution is 0.527. The highest BCUT2D eigenvalue weighted by Crippen LogP contribution is 2.32. The normalized spacial score (nSPS) is 13.2. The molecule has 3 aromatic rings. The third-order valence-corrected chi connectivity index (χ3v) is 3.76. The maximum atomic E-state index is 2.49. The highest BCUT2D eigenvalue weighted by atomic mass is 15.0. The molecule has 1 aromatic heterocycles. The van der Waals surface area contributed by atoms with Crippen LogP contribution in [-0.2, 0) is 0 Å². The summed E-state index contributed by atoms with van der Waals surface area (Å²) in [6.45, 7) is 4.58. The first kappa shape index (κ1) is 11.3. The quantitative estimate of drug-likeness (QED) is 0.593. The van der Waals surface area contributed by atoms with Crippen LogP contribution < -0.4 is 0 Å². The second-order valence-electron chi connectivity index (χ2n) is 5.04. The zero-order valence-corrected chi connectivity index (χ0v) is 11.1. The number of rotatable bonds is 3. The number of fused-ring (bicyclic) bond motifs is 3. The van der Waals surface area contributed by atoms with Gasteiger partial charge in [-0.1, -0.05) is 49.7 Å². The minimum Gasteiger partial charge on any atom is -0.338 e. The first-order valence-corrected chi connectivity index (χ1v) is 6.80. The zero-order chi connectivity index (χ0) is 12.5. The number of nitrogens with zero attached hydrogens (tertiary/aromatic N) is 1. The molecule has 0 spiro atoms. The largest absolute Gasteiger partial charge is 0.338 e. The van der Waals surface area contributed by atoms with Gasteiger partial charge in [0.1, 0.15) is 0 Å². The van der Waals surface area contributed by atoms with Crippen LogP contribution in [0.5, 0.6) is 0 Å². The van der Waals surface area contributed by atoms with E-state index >= 15 is 0 Å². The van der Waals surface area contributed by atoms with Crippen molar-refractivity contribution in [3.63, 3.8) is 0 Å². The molecule has 0 fully saturated rings. The Morgan fingerprint density at radius 2 is 1.39 bits per heavy atom. The topological polar surface area (TPSA) is 4.93 Å². The lowest BCUT2D eigenvalue weighted by atomic mass is 10.2. The summed E-state index contributed by atoms with van der Waals surface area (Å²) in [7, 11) is 0. The second-order valence-corrected chi connectivity index (χ2v) is 5.04. The predicted octanol–water partition coefficient (Wildman–Crippen LogP) is 5.16. The van der Waals surface area contributed by atoms with Crippen molar-refractivity contribution in [2.24, 2.45) is 0 Å². The first-order chi connectivity index (χ1) is 8.83. The fraction of sp³-hybridized carbons (Fsp3) is 0.294. The van der Waals surface area contributed by atoms with Gasteiger partial charge in [-0.25, -0.2) is 0 Å². The Hall–Kier alpha value is -1.76. The molecule has 1 heteroatoms. The van der Waals surface area contributed by atoms with Gasteiger partial charge < -0.3 is 4.57 Å². The number of hydrogen-bond donors (Lipinski definition) is 0. The van der Waals surface area contributed by atoms with Crippen molar-refractivity contribution in [1.29, 1.82) is 0 Å². The Bertz CT molecular complexity index is 625. The van der Waals surface area contributed by atoms with Crippen molar-refractivity contribution >= 4 is 21.8 Å². The molecule has 0 aliphatic heterocycles. The molecule has 0 aliphatic rings. The van der Waals surface area contributed by atoms with Gasteiger partial charge >= 0.3 is 0 Å². The molecule has 0 saturated heterocycles. The maximum absolute atomic E-state index is 2.49. The molecule has 1 nitrogen and oxygen atoms in total. The van der Waals surface area contributed by atoms with E-state index in [9.17, 15) is 0 Å². The summed E-state index contributed by atoms with van der Waals surface area (Å²) in [5, 5.41) is 2.74. The number of para-hydroxylation sites is 2. The standard InChI is InChI=1S/C17H19N/c1-3-8-13(2)18-16-11-6-4-9-14(16)15-10-5-7-12-17(15)18/h4-7,9-13H,3,8H2,1-2H3. The van der Waals surface area contributed by atoms with Crippen LogP contribution in [0.2, 0.25) is 0 Å². The molecule has 0 radical (unpaired) electrons. The van der Waals surface area contributed by atoms with E-state index in [4.69, 9.17) is 0 Å². The van der Waals surface area contributed by atoms with Gasteiger partial charge in [0.15, 0.2) is 0 Å². The number of aromatic nitrogens is 1. The molecule has 2 aromatic carbocycles. The third-order valence-electron chi connectivity index (χ3n) is 3.76. The second kappa shape index (κ2) is 4.49. The summed E-state index contributed by atoms with van der Waals surface area (Å²) in [6.07, 6.45) is 2.45. The molecule has 0 aliphatic carbocycles. The van der Waals surface area contributed by atoms with Gasteiger partial charge in [-0.15, -0.1) is 0 Å². The minimum atomic E-state index is 0.555. The van der Waals surface area contributed by atoms with Gasteiger partial charge in [0, 0.05) is 27.8 Å². The van der Waals surface area contributed by atoms with E-state index in [-0.39, 0.29) is 0 Å². The van der Waals surface area contributed by atoms with Gasteiger partial charge in [-0.3, -0.25) is 0 Å². The maximum Gasteiger partial charge on any atom is 0.0493 e. The SMILES string of the molecule is CCCC(C)n1c2ccccc2c2ccccc21. The summed E-state index contributed by atoms with van der Waals surface area (Å²) in [4.78, 5) is 0. The molecule has 0 amide bonds. The van der Waals surface area contributed by atoms with Crippen LogP contribution in [0, 0.1) is 0 Å². The van der Waals surface area contributed by atoms with E-state index in [1.54, 1.807) is 0 Å². The van der Waals surface area contributed by atoms with Crippen LogP contribution in [0.1, 0.15) is 32.7 Å². The molecular weight excluding hydrogens is 218 g/mol. The Labute approximate surface area is 108 Å². The smallest absolute Gasteiger partial charge is 0.0493 e. The van der Waals surface area contributed by atoms with Crippen LogP contribution in [-0.4, -0.2) is 4.57 Å². The van der Waals surface area contributed by atoms with Crippen LogP contribution in [0.25, 0.3) is 21.8 Å². The minimum absolute atomic E-state index is 0.555. The van der Waals surface area contributed by atoms with Crippen molar-refractivity contribution in [2.75, 3.05) is 0 Å². The molecule has 1 unspecified atom stereocenters. The summed E-state index contributed by atoms with van der Waals surface area (Å²) < 4.78 is 2.49. The molecule has 0 bridgehead atoms. The van der Waals surface area contributed by atoms with Crippen molar-refractivity contribution in [1.82, 2.24) is 4.57 Å². The van der Waals surface area contributed by atoms with Crippen molar-refractivity contribution < 1.29 is 0 Å². The molecule has 18 heavy (non-hydrogen) atoms. The lowest BCUT2D eigenvalue weighted by Gasteiger charge is -2.15. The Morgan fingerprint density at radius 1 is 0.889 bits per heavy atom. The van der Waals surface area contributed by atoms with Gasteiger partial charge in [0.2, 0.25) is 0 Å². The van der Waals surface area contributed by atoms with Gasteiger partial charge in [-0.2, -0.15) is 0 Å². The van der Waals surface area contributed by atoms with E-state index in [1.165, 1.54) is 34.6 Å². The molecular formula is C17H19N. The third kappa shape index (κ3) is 1.62. The number of benzene rings is 2. The van der Waals surface area contributed by atoms with Crippen molar-refractivity contribution in [3.8, 4) is 0 Å². The predicted molar refractivity (Wildman–Crippen MR) is 79.1 cm³/mol. The fourth-order valence-corrected chi connectivity index (χ4v) is 2.97. The van der Waals surface area contributed by atoms with E-state index in [2.05, 4.69) is 66.9 Å². The molecule has 92 valence electrons. The molecule has 1 heterocycles. The highest BCUT2D eigenvalue weighted by Gasteiger charge is 2.13. The van der Waals surface area contributed by atoms with Crippen LogP contribution in [0.4, 0.5) is 0 Å². The van der Waals surface area contributed by atoms with E-state index in [0.717, 1.165) is 0 Å². The average molecular weight is 237 g/mol. The van der Waals surface area contributed by atoms with Gasteiger partial charge in [-0.05, 0) is 25.5 Å². The highest BCUT2D eigenvalue weighted by molar-refractivity contribution is 6.08. The lowest BCUT2D eigenvalue weighted by Crippen LogP contribution is -2.03. The van der Waals surface area contributed by atoms with E-state index in [0.29, 0.717) is 6.04 Å². The molecule has 1 atom stereocenters. The zero-order valence-electron chi connectivity index (χ0n) is 11.1. The van der Waals surface area contributed by atoms with E-state index < -0.39 is 0 Å². The molecule has 0 saturated carbocycles. The molecule has 3 rings (SSSR count).